The summed E-state index contributed by atoms with van der Waals surface area (Å²) in [5.41, 5.74) is 10.9. The van der Waals surface area contributed by atoms with Crippen LogP contribution in [0.3, 0.4) is 0 Å². The Balaban J connectivity index is -0.000000107. The molecule has 0 saturated carbocycles. The van der Waals surface area contributed by atoms with Gasteiger partial charge in [-0.2, -0.15) is 0 Å². The van der Waals surface area contributed by atoms with Gasteiger partial charge in [0.1, 0.15) is 0 Å². The molecule has 0 heterocycles. The second-order valence-electron chi connectivity index (χ2n) is 3.75. The van der Waals surface area contributed by atoms with Gasteiger partial charge in [0, 0.05) is 39.6 Å². The molecule has 0 saturated heterocycles. The van der Waals surface area contributed by atoms with Crippen molar-refractivity contribution in [3.05, 3.63) is 21.6 Å². The summed E-state index contributed by atoms with van der Waals surface area (Å²) in [6.07, 6.45) is 0. The number of nitrogens with zero attached hydrogens (tertiary/aromatic N) is 1. The number of aliphatic hydroxyl groups is 6. The minimum atomic E-state index is -1.50. The number of nitrogens with one attached hydrogen (secondary N) is 2. The molecule has 0 aromatic carbocycles. The topological polar surface area (TPSA) is 232 Å². The first-order valence-corrected chi connectivity index (χ1v) is 5.08. The van der Waals surface area contributed by atoms with E-state index in [1.165, 1.54) is 0 Å². The van der Waals surface area contributed by atoms with Crippen molar-refractivity contribution >= 4 is 0 Å². The number of aliphatic hydroxyl groups excluding tert-OH is 6. The molecule has 0 bridgehead atoms. The molecule has 0 aliphatic rings. The Kier molecular flexibility index (Phi) is 21.5. The van der Waals surface area contributed by atoms with Crippen LogP contribution in [0, 0.1) is 10.1 Å². The Morgan fingerprint density at radius 1 is 0.762 bits per heavy atom. The largest absolute Gasteiger partial charge is 2.00 e. The molecule has 0 atom stereocenters. The molecule has 0 aliphatic carbocycles. The van der Waals surface area contributed by atoms with Gasteiger partial charge in [0.2, 0.25) is 0 Å². The van der Waals surface area contributed by atoms with Crippen LogP contribution in [0.25, 0.3) is 11.5 Å². The summed E-state index contributed by atoms with van der Waals surface area (Å²) in [6.45, 7) is -3.08. The van der Waals surface area contributed by atoms with Crippen LogP contribution in [0.15, 0.2) is 0 Å². The minimum Gasteiger partial charge on any atom is -0.666 e. The van der Waals surface area contributed by atoms with Gasteiger partial charge in [0.25, 0.3) is 5.09 Å². The average Bonchev–Trinajstić information content (AvgIpc) is 2.45. The third-order valence-electron chi connectivity index (χ3n) is 1.82. The summed E-state index contributed by atoms with van der Waals surface area (Å²) in [4.78, 5) is 8.36. The van der Waals surface area contributed by atoms with Crippen molar-refractivity contribution in [2.45, 2.75) is 11.1 Å². The molecule has 21 heavy (non-hydrogen) atoms. The first-order chi connectivity index (χ1) is 9.10. The van der Waals surface area contributed by atoms with Crippen LogP contribution >= 0.6 is 0 Å². The second kappa shape index (κ2) is 15.8. The summed E-state index contributed by atoms with van der Waals surface area (Å²) in [5.74, 6) is 0. The standard InChI is InChI=1S/2C4H10NO3.Cu.HNO3/c2*5-4(1-6,2-7)3-8;;2-1(3)4/h2*5-8H,1-3H2;;(H,2,3,4)/q2*-1;+2;. The maximum Gasteiger partial charge on any atom is 2.00 e. The third-order valence-corrected chi connectivity index (χ3v) is 1.82. The summed E-state index contributed by atoms with van der Waals surface area (Å²) >= 11 is 0. The number of hydrogen-bond acceptors (Lipinski definition) is 8. The molecule has 0 rings (SSSR count). The van der Waals surface area contributed by atoms with Gasteiger partial charge >= 0.3 is 17.1 Å². The predicted octanol–water partition coefficient (Wildman–Crippen LogP) is -2.84. The van der Waals surface area contributed by atoms with Crippen LogP contribution in [0.5, 0.6) is 0 Å². The van der Waals surface area contributed by atoms with E-state index in [1.807, 2.05) is 0 Å². The van der Waals surface area contributed by atoms with Crippen molar-refractivity contribution in [1.82, 2.24) is 0 Å². The zero-order chi connectivity index (χ0) is 16.8. The van der Waals surface area contributed by atoms with E-state index in [4.69, 9.17) is 57.4 Å². The fraction of sp³-hybridized carbons (Fsp3) is 1.00. The monoisotopic (exact) mass is 366 g/mol. The Bertz CT molecular complexity index is 201. The Morgan fingerprint density at radius 3 is 0.857 bits per heavy atom. The maximum absolute atomic E-state index is 8.36. The van der Waals surface area contributed by atoms with E-state index in [2.05, 4.69) is 0 Å². The molecule has 0 spiro atoms. The summed E-state index contributed by atoms with van der Waals surface area (Å²) < 4.78 is 0. The van der Waals surface area contributed by atoms with Crippen LogP contribution < -0.4 is 0 Å². The van der Waals surface area contributed by atoms with Gasteiger partial charge in [-0.15, -0.1) is 10.1 Å². The molecule has 0 aliphatic heterocycles. The minimum absolute atomic E-state index is 0. The normalized spacial score (nSPS) is 10.3. The Morgan fingerprint density at radius 2 is 0.857 bits per heavy atom. The molecule has 9 N–H and O–H groups in total. The molecule has 0 fully saturated rings. The van der Waals surface area contributed by atoms with Crippen molar-refractivity contribution in [1.29, 1.82) is 0 Å². The summed E-state index contributed by atoms with van der Waals surface area (Å²) in [5, 5.41) is 63.3. The van der Waals surface area contributed by atoms with Crippen LogP contribution in [-0.4, -0.2) is 91.7 Å². The van der Waals surface area contributed by atoms with Crippen LogP contribution in [0.1, 0.15) is 0 Å². The third kappa shape index (κ3) is 19.4. The zero-order valence-electron chi connectivity index (χ0n) is 10.9. The van der Waals surface area contributed by atoms with Gasteiger partial charge in [0.05, 0.1) is 0 Å². The molecule has 0 amide bonds. The van der Waals surface area contributed by atoms with Crippen LogP contribution in [-0.2, 0) is 17.1 Å². The van der Waals surface area contributed by atoms with E-state index in [9.17, 15) is 0 Å². The van der Waals surface area contributed by atoms with Gasteiger partial charge < -0.3 is 47.3 Å². The van der Waals surface area contributed by atoms with E-state index in [1.54, 1.807) is 0 Å². The van der Waals surface area contributed by atoms with Crippen LogP contribution in [0.2, 0.25) is 0 Å². The molecule has 0 aromatic rings. The van der Waals surface area contributed by atoms with Gasteiger partial charge in [0.15, 0.2) is 0 Å². The van der Waals surface area contributed by atoms with Crippen molar-refractivity contribution in [3.8, 4) is 0 Å². The van der Waals surface area contributed by atoms with Gasteiger partial charge in [-0.3, -0.25) is 0 Å². The van der Waals surface area contributed by atoms with Gasteiger partial charge in [-0.25, -0.2) is 0 Å². The van der Waals surface area contributed by atoms with E-state index in [-0.39, 0.29) is 17.1 Å². The Hall–Kier alpha value is -0.601. The second-order valence-corrected chi connectivity index (χ2v) is 3.75. The molecule has 133 valence electrons. The zero-order valence-corrected chi connectivity index (χ0v) is 11.9. The number of rotatable bonds is 6. The van der Waals surface area contributed by atoms with Crippen molar-refractivity contribution < 1.29 is 58.0 Å². The SMILES string of the molecule is O=[N+]([O-])O.[Cu+2].[NH-]C(CO)(CO)CO.[NH-]C(CO)(CO)CO. The smallest absolute Gasteiger partial charge is 0.666 e. The fourth-order valence-corrected chi connectivity index (χ4v) is 0.300. The van der Waals surface area contributed by atoms with Gasteiger partial charge in [-0.1, -0.05) is 11.1 Å². The van der Waals surface area contributed by atoms with Crippen LogP contribution in [0.4, 0.5) is 0 Å². The van der Waals surface area contributed by atoms with Crippen molar-refractivity contribution in [2.75, 3.05) is 39.6 Å². The average molecular weight is 367 g/mol. The molecular formula is C8H21CuN3O9. The molecule has 12 nitrogen and oxygen atoms in total. The van der Waals surface area contributed by atoms with E-state index in [0.717, 1.165) is 0 Å². The fourth-order valence-electron chi connectivity index (χ4n) is 0.300. The molecule has 13 heteroatoms. The maximum atomic E-state index is 8.36. The molecule has 1 radical (unpaired) electrons. The molecule has 0 unspecified atom stereocenters. The van der Waals surface area contributed by atoms with Crippen molar-refractivity contribution in [2.24, 2.45) is 0 Å². The molecular weight excluding hydrogens is 346 g/mol. The molecule has 0 aromatic heterocycles. The summed E-state index contributed by atoms with van der Waals surface area (Å²) in [6, 6.07) is 0. The van der Waals surface area contributed by atoms with E-state index < -0.39 is 55.8 Å². The van der Waals surface area contributed by atoms with Crippen molar-refractivity contribution in [3.63, 3.8) is 0 Å². The van der Waals surface area contributed by atoms with E-state index >= 15 is 0 Å². The Labute approximate surface area is 131 Å². The number of hydrogen-bond donors (Lipinski definition) is 7. The first-order valence-electron chi connectivity index (χ1n) is 5.08. The first kappa shape index (κ1) is 28.5. The quantitative estimate of drug-likeness (QED) is 0.145. The van der Waals surface area contributed by atoms with E-state index in [0.29, 0.717) is 0 Å². The van der Waals surface area contributed by atoms with Gasteiger partial charge in [-0.05, 0) is 0 Å². The summed E-state index contributed by atoms with van der Waals surface area (Å²) in [7, 11) is 0. The predicted molar refractivity (Wildman–Crippen MR) is 65.4 cm³/mol.